The molecule has 0 amide bonds. The van der Waals surface area contributed by atoms with Crippen LogP contribution in [-0.2, 0) is 9.59 Å². The lowest BCUT2D eigenvalue weighted by molar-refractivity contribution is -0.138. The molecule has 0 unspecified atom stereocenters. The molecule has 0 spiro atoms. The summed E-state index contributed by atoms with van der Waals surface area (Å²) in [6.45, 7) is 1.75. The first-order valence-corrected chi connectivity index (χ1v) is 4.70. The lowest BCUT2D eigenvalue weighted by Crippen LogP contribution is -2.44. The van der Waals surface area contributed by atoms with Gasteiger partial charge in [-0.2, -0.15) is 0 Å². The fourth-order valence-electron chi connectivity index (χ4n) is 2.24. The number of aliphatic hydroxyl groups excluding tert-OH is 1. The van der Waals surface area contributed by atoms with Crippen LogP contribution in [0.5, 0.6) is 0 Å². The molecule has 3 nitrogen and oxygen atoms in total. The van der Waals surface area contributed by atoms with Gasteiger partial charge in [0, 0.05) is 17.4 Å². The Labute approximate surface area is 82.1 Å². The molecule has 14 heavy (non-hydrogen) atoms. The van der Waals surface area contributed by atoms with Crippen LogP contribution in [0.3, 0.4) is 0 Å². The molecule has 0 aromatic heterocycles. The predicted molar refractivity (Wildman–Crippen MR) is 50.7 cm³/mol. The molecular weight excluding hydrogens is 180 g/mol. The molecule has 2 atom stereocenters. The summed E-state index contributed by atoms with van der Waals surface area (Å²) in [6.07, 6.45) is 6.03. The van der Waals surface area contributed by atoms with E-state index in [0.717, 1.165) is 6.08 Å². The van der Waals surface area contributed by atoms with Crippen molar-refractivity contribution in [1.29, 1.82) is 0 Å². The van der Waals surface area contributed by atoms with E-state index < -0.39 is 5.41 Å². The van der Waals surface area contributed by atoms with Gasteiger partial charge in [0.25, 0.3) is 0 Å². The quantitative estimate of drug-likeness (QED) is 0.592. The third-order valence-corrected chi connectivity index (χ3v) is 3.22. The zero-order valence-corrected chi connectivity index (χ0v) is 7.99. The molecule has 1 N–H and O–H groups in total. The second-order valence-electron chi connectivity index (χ2n) is 4.14. The molecule has 0 radical (unpaired) electrons. The summed E-state index contributed by atoms with van der Waals surface area (Å²) in [5.41, 5.74) is -0.718. The predicted octanol–water partition coefficient (Wildman–Crippen LogP) is 1.55. The SMILES string of the molecule is C[C@@]12CC=CC[C@@H]1C(=O)C=C(O)C2=O. The molecule has 0 saturated carbocycles. The van der Waals surface area contributed by atoms with Crippen molar-refractivity contribution in [3.8, 4) is 0 Å². The lowest BCUT2D eigenvalue weighted by Gasteiger charge is -2.38. The van der Waals surface area contributed by atoms with E-state index in [4.69, 9.17) is 0 Å². The molecule has 2 aliphatic carbocycles. The molecule has 0 aromatic rings. The van der Waals surface area contributed by atoms with Gasteiger partial charge in [0.1, 0.15) is 0 Å². The van der Waals surface area contributed by atoms with Gasteiger partial charge in [-0.05, 0) is 12.8 Å². The molecule has 0 heterocycles. The lowest BCUT2D eigenvalue weighted by atomic mass is 9.63. The van der Waals surface area contributed by atoms with Gasteiger partial charge in [0.2, 0.25) is 5.78 Å². The summed E-state index contributed by atoms with van der Waals surface area (Å²) in [4.78, 5) is 23.3. The van der Waals surface area contributed by atoms with Crippen molar-refractivity contribution in [2.24, 2.45) is 11.3 Å². The number of allylic oxidation sites excluding steroid dienone is 4. The third kappa shape index (κ3) is 1.05. The van der Waals surface area contributed by atoms with E-state index in [1.165, 1.54) is 0 Å². The molecule has 0 bridgehead atoms. The highest BCUT2D eigenvalue weighted by Gasteiger charge is 2.48. The van der Waals surface area contributed by atoms with Crippen LogP contribution in [0.1, 0.15) is 19.8 Å². The van der Waals surface area contributed by atoms with Gasteiger partial charge in [0.05, 0.1) is 0 Å². The number of Topliss-reactive ketones (excluding diaryl/α,β-unsaturated/α-hetero) is 1. The summed E-state index contributed by atoms with van der Waals surface area (Å²) in [7, 11) is 0. The largest absolute Gasteiger partial charge is 0.504 e. The summed E-state index contributed by atoms with van der Waals surface area (Å²) < 4.78 is 0. The number of hydrogen-bond donors (Lipinski definition) is 1. The molecule has 0 aliphatic heterocycles. The standard InChI is InChI=1S/C11H12O3/c1-11-5-3-2-4-7(11)8(12)6-9(13)10(11)14/h2-3,6-7,13H,4-5H2,1H3/t7-,11-/m1/s1. The number of carbonyl (C=O) groups excluding carboxylic acids is 2. The van der Waals surface area contributed by atoms with Crippen LogP contribution in [0, 0.1) is 11.3 Å². The van der Waals surface area contributed by atoms with Gasteiger partial charge in [0.15, 0.2) is 11.5 Å². The van der Waals surface area contributed by atoms with E-state index in [9.17, 15) is 14.7 Å². The van der Waals surface area contributed by atoms with Crippen molar-refractivity contribution in [1.82, 2.24) is 0 Å². The van der Waals surface area contributed by atoms with Crippen molar-refractivity contribution in [2.75, 3.05) is 0 Å². The van der Waals surface area contributed by atoms with Crippen molar-refractivity contribution < 1.29 is 14.7 Å². The second-order valence-corrected chi connectivity index (χ2v) is 4.14. The summed E-state index contributed by atoms with van der Waals surface area (Å²) in [6, 6.07) is 0. The summed E-state index contributed by atoms with van der Waals surface area (Å²) in [5.74, 6) is -1.10. The first kappa shape index (κ1) is 9.19. The Morgan fingerprint density at radius 3 is 2.86 bits per heavy atom. The van der Waals surface area contributed by atoms with Crippen LogP contribution in [0.15, 0.2) is 24.0 Å². The van der Waals surface area contributed by atoms with Crippen molar-refractivity contribution in [2.45, 2.75) is 19.8 Å². The van der Waals surface area contributed by atoms with Crippen molar-refractivity contribution >= 4 is 11.6 Å². The van der Waals surface area contributed by atoms with Crippen molar-refractivity contribution in [3.63, 3.8) is 0 Å². The van der Waals surface area contributed by atoms with Crippen LogP contribution < -0.4 is 0 Å². The Morgan fingerprint density at radius 1 is 1.43 bits per heavy atom. The molecule has 2 rings (SSSR count). The first-order valence-electron chi connectivity index (χ1n) is 4.70. The highest BCUT2D eigenvalue weighted by Crippen LogP contribution is 2.43. The van der Waals surface area contributed by atoms with E-state index in [1.807, 2.05) is 12.2 Å². The number of hydrogen-bond acceptors (Lipinski definition) is 3. The fraction of sp³-hybridized carbons (Fsp3) is 0.455. The van der Waals surface area contributed by atoms with Crippen LogP contribution in [-0.4, -0.2) is 16.7 Å². The average molecular weight is 192 g/mol. The Bertz CT molecular complexity index is 365. The first-order chi connectivity index (χ1) is 6.55. The minimum Gasteiger partial charge on any atom is -0.504 e. The number of fused-ring (bicyclic) bond motifs is 1. The minimum atomic E-state index is -0.718. The molecular formula is C11H12O3. The summed E-state index contributed by atoms with van der Waals surface area (Å²) in [5, 5.41) is 9.32. The Hall–Kier alpha value is -1.38. The van der Waals surface area contributed by atoms with Gasteiger partial charge in [-0.25, -0.2) is 0 Å². The fourth-order valence-corrected chi connectivity index (χ4v) is 2.24. The monoisotopic (exact) mass is 192 g/mol. The molecule has 3 heteroatoms. The minimum absolute atomic E-state index is 0.131. The Morgan fingerprint density at radius 2 is 2.14 bits per heavy atom. The maximum Gasteiger partial charge on any atom is 0.204 e. The number of aliphatic hydroxyl groups is 1. The number of ketones is 2. The molecule has 0 aromatic carbocycles. The van der Waals surface area contributed by atoms with E-state index in [0.29, 0.717) is 12.8 Å². The highest BCUT2D eigenvalue weighted by atomic mass is 16.3. The topological polar surface area (TPSA) is 54.4 Å². The van der Waals surface area contributed by atoms with Gasteiger partial charge < -0.3 is 5.11 Å². The van der Waals surface area contributed by atoms with Crippen LogP contribution >= 0.6 is 0 Å². The smallest absolute Gasteiger partial charge is 0.204 e. The third-order valence-electron chi connectivity index (χ3n) is 3.22. The van der Waals surface area contributed by atoms with Gasteiger partial charge >= 0.3 is 0 Å². The maximum atomic E-state index is 11.7. The zero-order valence-electron chi connectivity index (χ0n) is 7.99. The molecule has 74 valence electrons. The zero-order chi connectivity index (χ0) is 10.3. The second kappa shape index (κ2) is 2.80. The van der Waals surface area contributed by atoms with E-state index in [-0.39, 0.29) is 23.2 Å². The van der Waals surface area contributed by atoms with E-state index in [2.05, 4.69) is 0 Å². The van der Waals surface area contributed by atoms with Crippen LogP contribution in [0.2, 0.25) is 0 Å². The molecule has 0 saturated heterocycles. The molecule has 2 aliphatic rings. The van der Waals surface area contributed by atoms with Crippen LogP contribution in [0.25, 0.3) is 0 Å². The van der Waals surface area contributed by atoms with Gasteiger partial charge in [-0.3, -0.25) is 9.59 Å². The summed E-state index contributed by atoms with van der Waals surface area (Å²) >= 11 is 0. The van der Waals surface area contributed by atoms with E-state index in [1.54, 1.807) is 6.92 Å². The van der Waals surface area contributed by atoms with E-state index >= 15 is 0 Å². The highest BCUT2D eigenvalue weighted by molar-refractivity contribution is 6.11. The van der Waals surface area contributed by atoms with Crippen molar-refractivity contribution in [3.05, 3.63) is 24.0 Å². The van der Waals surface area contributed by atoms with Crippen LogP contribution in [0.4, 0.5) is 0 Å². The Kier molecular flexibility index (Phi) is 1.84. The Balaban J connectivity index is 2.50. The van der Waals surface area contributed by atoms with Gasteiger partial charge in [-0.15, -0.1) is 0 Å². The number of carbonyl (C=O) groups is 2. The number of rotatable bonds is 0. The van der Waals surface area contributed by atoms with Gasteiger partial charge in [-0.1, -0.05) is 19.1 Å². The normalized spacial score (nSPS) is 36.6. The molecule has 0 fully saturated rings. The maximum absolute atomic E-state index is 11.7. The average Bonchev–Trinajstić information content (AvgIpc) is 2.15.